The van der Waals surface area contributed by atoms with E-state index < -0.39 is 0 Å². The molecule has 5 nitrogen and oxygen atoms in total. The van der Waals surface area contributed by atoms with Gasteiger partial charge in [0.15, 0.2) is 0 Å². The van der Waals surface area contributed by atoms with Crippen molar-refractivity contribution >= 4 is 5.95 Å². The van der Waals surface area contributed by atoms with Gasteiger partial charge in [-0.15, -0.1) is 6.58 Å². The molecule has 0 aromatic carbocycles. The second kappa shape index (κ2) is 4.36. The summed E-state index contributed by atoms with van der Waals surface area (Å²) in [4.78, 5) is 12.1. The summed E-state index contributed by atoms with van der Waals surface area (Å²) >= 11 is 0. The molecule has 2 rings (SSSR count). The van der Waals surface area contributed by atoms with Crippen LogP contribution in [-0.4, -0.2) is 26.1 Å². The molecule has 0 aliphatic rings. The fourth-order valence-corrected chi connectivity index (χ4v) is 1.22. The van der Waals surface area contributed by atoms with Gasteiger partial charge in [-0.05, 0) is 0 Å². The van der Waals surface area contributed by atoms with Gasteiger partial charge in [-0.2, -0.15) is 0 Å². The Balaban J connectivity index is 2.29. The van der Waals surface area contributed by atoms with Crippen LogP contribution < -0.4 is 5.32 Å². The molecule has 2 aromatic heterocycles. The van der Waals surface area contributed by atoms with Gasteiger partial charge in [-0.25, -0.2) is 15.0 Å². The molecular weight excluding hydrogens is 190 g/mol. The van der Waals surface area contributed by atoms with Gasteiger partial charge in [0.2, 0.25) is 5.95 Å². The van der Waals surface area contributed by atoms with Gasteiger partial charge in [-0.1, -0.05) is 6.08 Å². The van der Waals surface area contributed by atoms with Crippen LogP contribution in [0.2, 0.25) is 0 Å². The van der Waals surface area contributed by atoms with E-state index in [0.29, 0.717) is 6.54 Å². The minimum absolute atomic E-state index is 0.671. The third-order valence-electron chi connectivity index (χ3n) is 1.87. The Labute approximate surface area is 87.5 Å². The Morgan fingerprint density at radius 2 is 2.20 bits per heavy atom. The molecule has 15 heavy (non-hydrogen) atoms. The van der Waals surface area contributed by atoms with Gasteiger partial charge < -0.3 is 5.32 Å². The number of aromatic nitrogens is 4. The Morgan fingerprint density at radius 1 is 1.40 bits per heavy atom. The predicted molar refractivity (Wildman–Crippen MR) is 57.8 cm³/mol. The van der Waals surface area contributed by atoms with E-state index in [-0.39, 0.29) is 0 Å². The standard InChI is InChI=1S/C10H11N5/c1-2-3-13-10-14-4-5-15(10)9-6-11-8-12-7-9/h2,4-8H,1,3H2,(H,13,14). The summed E-state index contributed by atoms with van der Waals surface area (Å²) in [6.45, 7) is 4.31. The van der Waals surface area contributed by atoms with Crippen LogP contribution in [0.5, 0.6) is 0 Å². The van der Waals surface area contributed by atoms with E-state index in [1.165, 1.54) is 6.33 Å². The number of nitrogens with zero attached hydrogens (tertiary/aromatic N) is 4. The smallest absolute Gasteiger partial charge is 0.207 e. The maximum Gasteiger partial charge on any atom is 0.207 e. The number of anilines is 1. The van der Waals surface area contributed by atoms with Crippen molar-refractivity contribution in [2.75, 3.05) is 11.9 Å². The largest absolute Gasteiger partial charge is 0.352 e. The van der Waals surface area contributed by atoms with E-state index in [0.717, 1.165) is 11.6 Å². The maximum atomic E-state index is 4.18. The Morgan fingerprint density at radius 3 is 2.93 bits per heavy atom. The van der Waals surface area contributed by atoms with Crippen LogP contribution >= 0.6 is 0 Å². The third-order valence-corrected chi connectivity index (χ3v) is 1.87. The van der Waals surface area contributed by atoms with Crippen molar-refractivity contribution in [3.05, 3.63) is 43.8 Å². The zero-order valence-corrected chi connectivity index (χ0v) is 8.17. The quantitative estimate of drug-likeness (QED) is 0.756. The molecule has 0 saturated carbocycles. The molecule has 0 atom stereocenters. The van der Waals surface area contributed by atoms with Crippen LogP contribution in [0.1, 0.15) is 0 Å². The van der Waals surface area contributed by atoms with Crippen LogP contribution in [0.25, 0.3) is 5.69 Å². The van der Waals surface area contributed by atoms with Crippen molar-refractivity contribution in [3.8, 4) is 5.69 Å². The predicted octanol–water partition coefficient (Wildman–Crippen LogP) is 1.26. The van der Waals surface area contributed by atoms with Crippen molar-refractivity contribution in [3.63, 3.8) is 0 Å². The van der Waals surface area contributed by atoms with E-state index in [2.05, 4.69) is 26.8 Å². The topological polar surface area (TPSA) is 55.6 Å². The fourth-order valence-electron chi connectivity index (χ4n) is 1.22. The number of hydrogen-bond acceptors (Lipinski definition) is 4. The molecule has 2 aromatic rings. The molecule has 0 radical (unpaired) electrons. The number of imidazole rings is 1. The summed E-state index contributed by atoms with van der Waals surface area (Å²) in [7, 11) is 0. The Bertz CT molecular complexity index is 434. The molecule has 5 heteroatoms. The first kappa shape index (κ1) is 9.39. The van der Waals surface area contributed by atoms with E-state index in [4.69, 9.17) is 0 Å². The van der Waals surface area contributed by atoms with Gasteiger partial charge in [-0.3, -0.25) is 4.57 Å². The highest BCUT2D eigenvalue weighted by molar-refractivity contribution is 5.38. The molecule has 2 heterocycles. The van der Waals surface area contributed by atoms with E-state index in [1.54, 1.807) is 24.7 Å². The second-order valence-electron chi connectivity index (χ2n) is 2.89. The van der Waals surface area contributed by atoms with Gasteiger partial charge in [0.05, 0.1) is 18.1 Å². The zero-order chi connectivity index (χ0) is 10.5. The average molecular weight is 201 g/mol. The van der Waals surface area contributed by atoms with E-state index >= 15 is 0 Å². The van der Waals surface area contributed by atoms with Crippen LogP contribution in [0, 0.1) is 0 Å². The van der Waals surface area contributed by atoms with E-state index in [1.807, 2.05) is 10.8 Å². The summed E-state index contributed by atoms with van der Waals surface area (Å²) in [5.41, 5.74) is 0.876. The lowest BCUT2D eigenvalue weighted by Gasteiger charge is -2.06. The summed E-state index contributed by atoms with van der Waals surface area (Å²) < 4.78 is 1.88. The highest BCUT2D eigenvalue weighted by Crippen LogP contribution is 2.11. The molecule has 0 saturated heterocycles. The van der Waals surface area contributed by atoms with Crippen LogP contribution in [0.3, 0.4) is 0 Å². The van der Waals surface area contributed by atoms with Crippen molar-refractivity contribution in [1.82, 2.24) is 19.5 Å². The number of rotatable bonds is 4. The Hall–Kier alpha value is -2.17. The first-order valence-corrected chi connectivity index (χ1v) is 4.55. The average Bonchev–Trinajstić information content (AvgIpc) is 2.75. The monoisotopic (exact) mass is 201 g/mol. The summed E-state index contributed by atoms with van der Waals surface area (Å²) in [5.74, 6) is 0.754. The summed E-state index contributed by atoms with van der Waals surface area (Å²) in [6, 6.07) is 0. The Kier molecular flexibility index (Phi) is 2.73. The SMILES string of the molecule is C=CCNc1nccn1-c1cncnc1. The van der Waals surface area contributed by atoms with Gasteiger partial charge in [0.1, 0.15) is 6.33 Å². The lowest BCUT2D eigenvalue weighted by molar-refractivity contribution is 0.999. The van der Waals surface area contributed by atoms with E-state index in [9.17, 15) is 0 Å². The zero-order valence-electron chi connectivity index (χ0n) is 8.17. The normalized spacial score (nSPS) is 9.87. The first-order chi connectivity index (χ1) is 7.42. The maximum absolute atomic E-state index is 4.18. The highest BCUT2D eigenvalue weighted by Gasteiger charge is 2.02. The summed E-state index contributed by atoms with van der Waals surface area (Å²) in [5, 5.41) is 3.12. The van der Waals surface area contributed by atoms with Crippen molar-refractivity contribution in [1.29, 1.82) is 0 Å². The lowest BCUT2D eigenvalue weighted by atomic mass is 10.5. The van der Waals surface area contributed by atoms with Gasteiger partial charge in [0, 0.05) is 18.9 Å². The van der Waals surface area contributed by atoms with Crippen LogP contribution in [0.15, 0.2) is 43.8 Å². The molecule has 0 spiro atoms. The minimum atomic E-state index is 0.671. The second-order valence-corrected chi connectivity index (χ2v) is 2.89. The first-order valence-electron chi connectivity index (χ1n) is 4.55. The van der Waals surface area contributed by atoms with Gasteiger partial charge >= 0.3 is 0 Å². The molecule has 1 N–H and O–H groups in total. The molecule has 0 fully saturated rings. The minimum Gasteiger partial charge on any atom is -0.352 e. The fraction of sp³-hybridized carbons (Fsp3) is 0.100. The van der Waals surface area contributed by atoms with Gasteiger partial charge in [0.25, 0.3) is 0 Å². The molecule has 0 amide bonds. The third kappa shape index (κ3) is 2.01. The molecular formula is C10H11N5. The molecule has 0 aliphatic carbocycles. The summed E-state index contributed by atoms with van der Waals surface area (Å²) in [6.07, 6.45) is 10.3. The highest BCUT2D eigenvalue weighted by atomic mass is 15.2. The van der Waals surface area contributed by atoms with Crippen molar-refractivity contribution in [2.24, 2.45) is 0 Å². The lowest BCUT2D eigenvalue weighted by Crippen LogP contribution is -2.05. The van der Waals surface area contributed by atoms with Crippen molar-refractivity contribution in [2.45, 2.75) is 0 Å². The van der Waals surface area contributed by atoms with Crippen LogP contribution in [0.4, 0.5) is 5.95 Å². The number of nitrogens with one attached hydrogen (secondary N) is 1. The van der Waals surface area contributed by atoms with Crippen LogP contribution in [-0.2, 0) is 0 Å². The van der Waals surface area contributed by atoms with Crippen molar-refractivity contribution < 1.29 is 0 Å². The molecule has 0 unspecified atom stereocenters. The number of hydrogen-bond donors (Lipinski definition) is 1. The molecule has 0 bridgehead atoms. The molecule has 0 aliphatic heterocycles. The molecule has 76 valence electrons.